The van der Waals surface area contributed by atoms with E-state index in [0.717, 1.165) is 12.8 Å². The lowest BCUT2D eigenvalue weighted by molar-refractivity contribution is 0.449. The Bertz CT molecular complexity index is 731. The van der Waals surface area contributed by atoms with Crippen molar-refractivity contribution < 1.29 is 0 Å². The van der Waals surface area contributed by atoms with Gasteiger partial charge in [-0.2, -0.15) is 0 Å². The van der Waals surface area contributed by atoms with E-state index in [4.69, 9.17) is 0 Å². The number of hydrogen-bond donors (Lipinski definition) is 1. The van der Waals surface area contributed by atoms with E-state index in [0.29, 0.717) is 11.8 Å². The average molecular weight is 288 g/mol. The van der Waals surface area contributed by atoms with Gasteiger partial charge in [0.2, 0.25) is 0 Å². The summed E-state index contributed by atoms with van der Waals surface area (Å²) in [6, 6.07) is 19.8. The van der Waals surface area contributed by atoms with Gasteiger partial charge in [-0.05, 0) is 47.8 Å². The maximum Gasteiger partial charge on any atom is 0.0921 e. The first-order valence-corrected chi connectivity index (χ1v) is 7.99. The maximum atomic E-state index is 4.17. The van der Waals surface area contributed by atoms with Crippen molar-refractivity contribution in [2.75, 3.05) is 0 Å². The summed E-state index contributed by atoms with van der Waals surface area (Å²) in [7, 11) is 0. The van der Waals surface area contributed by atoms with Gasteiger partial charge in [-0.3, -0.25) is 0 Å². The topological polar surface area (TPSA) is 28.7 Å². The van der Waals surface area contributed by atoms with Gasteiger partial charge in [0.1, 0.15) is 0 Å². The molecule has 0 fully saturated rings. The number of aromatic nitrogens is 2. The minimum absolute atomic E-state index is 0.580. The summed E-state index contributed by atoms with van der Waals surface area (Å²) in [5.74, 6) is 1.25. The molecule has 1 aliphatic carbocycles. The molecule has 2 aromatic carbocycles. The van der Waals surface area contributed by atoms with E-state index >= 15 is 0 Å². The summed E-state index contributed by atoms with van der Waals surface area (Å²) in [5, 5.41) is 0. The number of aromatic amines is 1. The molecule has 4 rings (SSSR count). The smallest absolute Gasteiger partial charge is 0.0921 e. The average Bonchev–Trinajstić information content (AvgIpc) is 3.18. The minimum Gasteiger partial charge on any atom is -0.348 e. The zero-order valence-corrected chi connectivity index (χ0v) is 12.6. The zero-order chi connectivity index (χ0) is 14.8. The van der Waals surface area contributed by atoms with E-state index in [1.54, 1.807) is 6.33 Å². The van der Waals surface area contributed by atoms with Crippen molar-refractivity contribution in [3.63, 3.8) is 0 Å². The lowest BCUT2D eigenvalue weighted by Crippen LogP contribution is -2.14. The first kappa shape index (κ1) is 13.3. The second-order valence-electron chi connectivity index (χ2n) is 6.24. The Hall–Kier alpha value is -2.35. The highest BCUT2D eigenvalue weighted by Gasteiger charge is 2.32. The highest BCUT2D eigenvalue weighted by molar-refractivity contribution is 5.38. The Kier molecular flexibility index (Phi) is 3.51. The van der Waals surface area contributed by atoms with Gasteiger partial charge < -0.3 is 4.98 Å². The van der Waals surface area contributed by atoms with Gasteiger partial charge in [0.05, 0.1) is 6.33 Å². The highest BCUT2D eigenvalue weighted by atomic mass is 14.9. The molecule has 1 heterocycles. The Morgan fingerprint density at radius 3 is 2.59 bits per heavy atom. The zero-order valence-electron chi connectivity index (χ0n) is 12.6. The Balaban J connectivity index is 1.62. The third-order valence-electron chi connectivity index (χ3n) is 4.84. The van der Waals surface area contributed by atoms with E-state index in [2.05, 4.69) is 64.6 Å². The van der Waals surface area contributed by atoms with E-state index in [9.17, 15) is 0 Å². The molecule has 0 amide bonds. The molecule has 2 unspecified atom stereocenters. The fourth-order valence-electron chi connectivity index (χ4n) is 3.80. The number of nitrogens with zero attached hydrogens (tertiary/aromatic N) is 1. The van der Waals surface area contributed by atoms with Crippen LogP contribution in [-0.2, 0) is 19.3 Å². The SMILES string of the molecule is c1ccc(CC2Cc3ccccc3C2Cc2cnc[nH]2)cc1. The molecule has 110 valence electrons. The lowest BCUT2D eigenvalue weighted by atomic mass is 9.84. The molecular weight excluding hydrogens is 268 g/mol. The van der Waals surface area contributed by atoms with Crippen molar-refractivity contribution in [3.8, 4) is 0 Å². The van der Waals surface area contributed by atoms with E-state index in [1.165, 1.54) is 28.8 Å². The largest absolute Gasteiger partial charge is 0.348 e. The Morgan fingerprint density at radius 1 is 0.955 bits per heavy atom. The monoisotopic (exact) mass is 288 g/mol. The van der Waals surface area contributed by atoms with Crippen LogP contribution in [-0.4, -0.2) is 9.97 Å². The van der Waals surface area contributed by atoms with Gasteiger partial charge in [-0.15, -0.1) is 0 Å². The van der Waals surface area contributed by atoms with Gasteiger partial charge in [0.25, 0.3) is 0 Å². The normalized spacial score (nSPS) is 20.0. The molecule has 0 saturated heterocycles. The summed E-state index contributed by atoms with van der Waals surface area (Å²) in [4.78, 5) is 7.44. The number of hydrogen-bond acceptors (Lipinski definition) is 1. The van der Waals surface area contributed by atoms with Crippen molar-refractivity contribution in [2.45, 2.75) is 25.2 Å². The number of H-pyrrole nitrogens is 1. The molecular formula is C20H20N2. The molecule has 2 heteroatoms. The van der Waals surface area contributed by atoms with Gasteiger partial charge in [-0.25, -0.2) is 4.98 Å². The van der Waals surface area contributed by atoms with Gasteiger partial charge in [0, 0.05) is 11.9 Å². The van der Waals surface area contributed by atoms with Crippen LogP contribution in [0.4, 0.5) is 0 Å². The summed E-state index contributed by atoms with van der Waals surface area (Å²) >= 11 is 0. The van der Waals surface area contributed by atoms with Crippen molar-refractivity contribution in [2.24, 2.45) is 5.92 Å². The van der Waals surface area contributed by atoms with Crippen LogP contribution in [0.2, 0.25) is 0 Å². The summed E-state index contributed by atoms with van der Waals surface area (Å²) < 4.78 is 0. The van der Waals surface area contributed by atoms with E-state index in [-0.39, 0.29) is 0 Å². The predicted octanol–water partition coefficient (Wildman–Crippen LogP) is 4.15. The lowest BCUT2D eigenvalue weighted by Gasteiger charge is -2.20. The Morgan fingerprint density at radius 2 is 1.77 bits per heavy atom. The van der Waals surface area contributed by atoms with Crippen molar-refractivity contribution >= 4 is 0 Å². The van der Waals surface area contributed by atoms with Crippen LogP contribution in [0, 0.1) is 5.92 Å². The molecule has 2 nitrogen and oxygen atoms in total. The van der Waals surface area contributed by atoms with Gasteiger partial charge in [0.15, 0.2) is 0 Å². The molecule has 1 N–H and O–H groups in total. The standard InChI is InChI=1S/C20H20N2/c1-2-6-15(7-3-1)10-17-11-16-8-4-5-9-19(16)20(17)12-18-13-21-14-22-18/h1-9,13-14,17,20H,10-12H2,(H,21,22). The fraction of sp³-hybridized carbons (Fsp3) is 0.250. The predicted molar refractivity (Wildman–Crippen MR) is 88.8 cm³/mol. The first-order chi connectivity index (χ1) is 10.9. The van der Waals surface area contributed by atoms with Crippen LogP contribution < -0.4 is 0 Å². The number of fused-ring (bicyclic) bond motifs is 1. The number of nitrogens with one attached hydrogen (secondary N) is 1. The quantitative estimate of drug-likeness (QED) is 0.767. The third-order valence-corrected chi connectivity index (χ3v) is 4.84. The summed E-state index contributed by atoms with van der Waals surface area (Å²) in [6.07, 6.45) is 7.12. The second kappa shape index (κ2) is 5.80. The van der Waals surface area contributed by atoms with Crippen LogP contribution in [0.3, 0.4) is 0 Å². The number of rotatable bonds is 4. The van der Waals surface area contributed by atoms with Gasteiger partial charge >= 0.3 is 0 Å². The van der Waals surface area contributed by atoms with Crippen molar-refractivity contribution in [3.05, 3.63) is 89.5 Å². The van der Waals surface area contributed by atoms with E-state index in [1.807, 2.05) is 6.20 Å². The first-order valence-electron chi connectivity index (χ1n) is 7.99. The molecule has 0 spiro atoms. The molecule has 22 heavy (non-hydrogen) atoms. The fourth-order valence-corrected chi connectivity index (χ4v) is 3.80. The molecule has 0 bridgehead atoms. The molecule has 0 aliphatic heterocycles. The molecule has 2 atom stereocenters. The van der Waals surface area contributed by atoms with Crippen molar-refractivity contribution in [1.29, 1.82) is 0 Å². The molecule has 3 aromatic rings. The molecule has 0 radical (unpaired) electrons. The Labute approximate surface area is 131 Å². The molecule has 0 saturated carbocycles. The summed E-state index contributed by atoms with van der Waals surface area (Å²) in [6.45, 7) is 0. The summed E-state index contributed by atoms with van der Waals surface area (Å²) in [5.41, 5.74) is 5.72. The van der Waals surface area contributed by atoms with Crippen LogP contribution >= 0.6 is 0 Å². The maximum absolute atomic E-state index is 4.17. The highest BCUT2D eigenvalue weighted by Crippen LogP contribution is 2.41. The number of imidazole rings is 1. The van der Waals surface area contributed by atoms with Gasteiger partial charge in [-0.1, -0.05) is 54.6 Å². The van der Waals surface area contributed by atoms with Crippen LogP contribution in [0.25, 0.3) is 0 Å². The van der Waals surface area contributed by atoms with Crippen LogP contribution in [0.15, 0.2) is 67.1 Å². The van der Waals surface area contributed by atoms with E-state index < -0.39 is 0 Å². The van der Waals surface area contributed by atoms with Crippen LogP contribution in [0.5, 0.6) is 0 Å². The van der Waals surface area contributed by atoms with Crippen molar-refractivity contribution in [1.82, 2.24) is 9.97 Å². The second-order valence-corrected chi connectivity index (χ2v) is 6.24. The van der Waals surface area contributed by atoms with Crippen LogP contribution in [0.1, 0.15) is 28.3 Å². The molecule has 1 aromatic heterocycles. The third kappa shape index (κ3) is 2.57. The number of benzene rings is 2. The molecule has 1 aliphatic rings. The minimum atomic E-state index is 0.580.